The van der Waals surface area contributed by atoms with E-state index in [2.05, 4.69) is 5.32 Å². The fourth-order valence-electron chi connectivity index (χ4n) is 2.50. The topological polar surface area (TPSA) is 38.3 Å². The van der Waals surface area contributed by atoms with Crippen molar-refractivity contribution in [3.63, 3.8) is 0 Å². The van der Waals surface area contributed by atoms with Crippen molar-refractivity contribution in [2.45, 2.75) is 38.8 Å². The zero-order valence-corrected chi connectivity index (χ0v) is 14.6. The number of aryl methyl sites for hydroxylation is 1. The van der Waals surface area contributed by atoms with Crippen LogP contribution in [0.15, 0.2) is 48.5 Å². The van der Waals surface area contributed by atoms with Crippen molar-refractivity contribution in [3.05, 3.63) is 59.7 Å². The lowest BCUT2D eigenvalue weighted by Gasteiger charge is -2.09. The second-order valence-electron chi connectivity index (χ2n) is 6.06. The number of carbonyl (C=O) groups excluding carboxylic acids is 1. The summed E-state index contributed by atoms with van der Waals surface area (Å²) < 4.78 is 42.9. The maximum atomic E-state index is 12.5. The SMILES string of the molecule is CC(=O)Nc1ccc(CCCCCOc2ccc(C(F)(F)F)cc2)cc1. The molecule has 2 aromatic carbocycles. The molecule has 0 atom stereocenters. The molecule has 140 valence electrons. The number of halogens is 3. The van der Waals surface area contributed by atoms with Gasteiger partial charge in [0, 0.05) is 12.6 Å². The first kappa shape index (κ1) is 19.8. The van der Waals surface area contributed by atoms with Gasteiger partial charge in [-0.2, -0.15) is 13.2 Å². The van der Waals surface area contributed by atoms with Crippen molar-refractivity contribution >= 4 is 11.6 Å². The molecule has 1 N–H and O–H groups in total. The molecule has 0 radical (unpaired) electrons. The Bertz CT molecular complexity index is 694. The summed E-state index contributed by atoms with van der Waals surface area (Å²) in [6.45, 7) is 1.95. The van der Waals surface area contributed by atoms with E-state index in [1.807, 2.05) is 24.3 Å². The van der Waals surface area contributed by atoms with Gasteiger partial charge in [0.2, 0.25) is 5.91 Å². The summed E-state index contributed by atoms with van der Waals surface area (Å²) in [5.41, 5.74) is 1.31. The van der Waals surface area contributed by atoms with Gasteiger partial charge in [0.05, 0.1) is 12.2 Å². The number of hydrogen-bond acceptors (Lipinski definition) is 2. The molecule has 2 rings (SSSR count). The van der Waals surface area contributed by atoms with Crippen molar-refractivity contribution in [3.8, 4) is 5.75 Å². The summed E-state index contributed by atoms with van der Waals surface area (Å²) >= 11 is 0. The van der Waals surface area contributed by atoms with Crippen LogP contribution in [-0.2, 0) is 17.4 Å². The van der Waals surface area contributed by atoms with Gasteiger partial charge in [-0.15, -0.1) is 0 Å². The number of amides is 1. The molecule has 0 aliphatic rings. The van der Waals surface area contributed by atoms with E-state index in [0.717, 1.165) is 43.5 Å². The Morgan fingerprint density at radius 3 is 2.19 bits per heavy atom. The highest BCUT2D eigenvalue weighted by Crippen LogP contribution is 2.30. The largest absolute Gasteiger partial charge is 0.494 e. The van der Waals surface area contributed by atoms with Crippen LogP contribution in [0.3, 0.4) is 0 Å². The Kier molecular flexibility index (Phi) is 7.06. The fraction of sp³-hybridized carbons (Fsp3) is 0.350. The second kappa shape index (κ2) is 9.27. The first-order valence-corrected chi connectivity index (χ1v) is 8.51. The van der Waals surface area contributed by atoms with Crippen LogP contribution >= 0.6 is 0 Å². The van der Waals surface area contributed by atoms with Gasteiger partial charge in [-0.3, -0.25) is 4.79 Å². The minimum atomic E-state index is -4.32. The Labute approximate surface area is 151 Å². The fourth-order valence-corrected chi connectivity index (χ4v) is 2.50. The molecule has 2 aromatic rings. The Balaban J connectivity index is 1.62. The van der Waals surface area contributed by atoms with Crippen molar-refractivity contribution in [1.29, 1.82) is 0 Å². The highest BCUT2D eigenvalue weighted by Gasteiger charge is 2.29. The van der Waals surface area contributed by atoms with E-state index >= 15 is 0 Å². The highest BCUT2D eigenvalue weighted by atomic mass is 19.4. The van der Waals surface area contributed by atoms with Crippen LogP contribution in [0, 0.1) is 0 Å². The van der Waals surface area contributed by atoms with Gasteiger partial charge >= 0.3 is 6.18 Å². The number of carbonyl (C=O) groups is 1. The van der Waals surface area contributed by atoms with Gasteiger partial charge in [0.25, 0.3) is 0 Å². The minimum absolute atomic E-state index is 0.0919. The molecule has 1 amide bonds. The molecule has 0 aliphatic heterocycles. The average molecular weight is 365 g/mol. The van der Waals surface area contributed by atoms with Crippen LogP contribution in [0.25, 0.3) is 0 Å². The van der Waals surface area contributed by atoms with Crippen molar-refractivity contribution in [2.24, 2.45) is 0 Å². The molecule has 0 saturated heterocycles. The molecule has 0 fully saturated rings. The number of anilines is 1. The van der Waals surface area contributed by atoms with Crippen molar-refractivity contribution < 1.29 is 22.7 Å². The first-order chi connectivity index (χ1) is 12.3. The molecule has 0 aromatic heterocycles. The molecule has 0 unspecified atom stereocenters. The second-order valence-corrected chi connectivity index (χ2v) is 6.06. The van der Waals surface area contributed by atoms with Gasteiger partial charge in [0.15, 0.2) is 0 Å². The lowest BCUT2D eigenvalue weighted by molar-refractivity contribution is -0.137. The maximum absolute atomic E-state index is 12.5. The van der Waals surface area contributed by atoms with Crippen LogP contribution in [0.5, 0.6) is 5.75 Å². The normalized spacial score (nSPS) is 11.2. The Morgan fingerprint density at radius 1 is 0.962 bits per heavy atom. The van der Waals surface area contributed by atoms with Crippen LogP contribution in [0.4, 0.5) is 18.9 Å². The standard InChI is InChI=1S/C20H22F3NO2/c1-15(25)24-18-10-6-16(7-11-18)5-3-2-4-14-26-19-12-8-17(9-13-19)20(21,22)23/h6-13H,2-5,14H2,1H3,(H,24,25). The van der Waals surface area contributed by atoms with Crippen LogP contribution in [0.1, 0.15) is 37.3 Å². The zero-order valence-electron chi connectivity index (χ0n) is 14.6. The highest BCUT2D eigenvalue weighted by molar-refractivity contribution is 5.88. The van der Waals surface area contributed by atoms with Gasteiger partial charge < -0.3 is 10.1 Å². The van der Waals surface area contributed by atoms with Gasteiger partial charge in [-0.05, 0) is 67.6 Å². The number of alkyl halides is 3. The third-order valence-corrected chi connectivity index (χ3v) is 3.83. The maximum Gasteiger partial charge on any atom is 0.416 e. The Hall–Kier alpha value is -2.50. The summed E-state index contributed by atoms with van der Waals surface area (Å²) in [6, 6.07) is 12.5. The van der Waals surface area contributed by atoms with E-state index in [1.54, 1.807) is 0 Å². The molecular formula is C20H22F3NO2. The van der Waals surface area contributed by atoms with E-state index in [9.17, 15) is 18.0 Å². The predicted octanol–water partition coefficient (Wildman–Crippen LogP) is 5.46. The summed E-state index contributed by atoms with van der Waals surface area (Å²) in [6.07, 6.45) is -0.589. The molecule has 0 saturated carbocycles. The summed E-state index contributed by atoms with van der Waals surface area (Å²) in [5.74, 6) is 0.359. The van der Waals surface area contributed by atoms with Crippen LogP contribution in [-0.4, -0.2) is 12.5 Å². The summed E-state index contributed by atoms with van der Waals surface area (Å²) in [5, 5.41) is 2.73. The minimum Gasteiger partial charge on any atom is -0.494 e. The summed E-state index contributed by atoms with van der Waals surface area (Å²) in [4.78, 5) is 11.0. The van der Waals surface area contributed by atoms with Crippen molar-refractivity contribution in [2.75, 3.05) is 11.9 Å². The molecule has 0 aliphatic carbocycles. The van der Waals surface area contributed by atoms with Crippen molar-refractivity contribution in [1.82, 2.24) is 0 Å². The van der Waals surface area contributed by atoms with Crippen LogP contribution in [0.2, 0.25) is 0 Å². The van der Waals surface area contributed by atoms with Gasteiger partial charge in [0.1, 0.15) is 5.75 Å². The number of ether oxygens (including phenoxy) is 1. The molecule has 3 nitrogen and oxygen atoms in total. The lowest BCUT2D eigenvalue weighted by Crippen LogP contribution is -2.05. The van der Waals surface area contributed by atoms with E-state index in [-0.39, 0.29) is 5.91 Å². The first-order valence-electron chi connectivity index (χ1n) is 8.51. The summed E-state index contributed by atoms with van der Waals surface area (Å²) in [7, 11) is 0. The third-order valence-electron chi connectivity index (χ3n) is 3.83. The van der Waals surface area contributed by atoms with E-state index in [0.29, 0.717) is 12.4 Å². The molecule has 0 heterocycles. The van der Waals surface area contributed by atoms with Crippen LogP contribution < -0.4 is 10.1 Å². The predicted molar refractivity (Wildman–Crippen MR) is 95.2 cm³/mol. The molecule has 0 bridgehead atoms. The van der Waals surface area contributed by atoms with E-state index < -0.39 is 11.7 Å². The van der Waals surface area contributed by atoms with Gasteiger partial charge in [-0.1, -0.05) is 12.1 Å². The number of nitrogens with one attached hydrogen (secondary N) is 1. The molecule has 6 heteroatoms. The Morgan fingerprint density at radius 2 is 1.62 bits per heavy atom. The lowest BCUT2D eigenvalue weighted by atomic mass is 10.1. The number of benzene rings is 2. The quantitative estimate of drug-likeness (QED) is 0.631. The van der Waals surface area contributed by atoms with E-state index in [1.165, 1.54) is 24.6 Å². The molecular weight excluding hydrogens is 343 g/mol. The molecule has 26 heavy (non-hydrogen) atoms. The smallest absolute Gasteiger partial charge is 0.416 e. The monoisotopic (exact) mass is 365 g/mol. The van der Waals surface area contributed by atoms with Gasteiger partial charge in [-0.25, -0.2) is 0 Å². The average Bonchev–Trinajstić information content (AvgIpc) is 2.58. The number of hydrogen-bond donors (Lipinski definition) is 1. The zero-order chi connectivity index (χ0) is 19.0. The molecule has 0 spiro atoms. The third kappa shape index (κ3) is 6.78. The number of rotatable bonds is 8. The van der Waals surface area contributed by atoms with E-state index in [4.69, 9.17) is 4.74 Å². The number of unbranched alkanes of at least 4 members (excludes halogenated alkanes) is 2.